The highest BCUT2D eigenvalue weighted by Crippen LogP contribution is 2.42. The Morgan fingerprint density at radius 2 is 1.65 bits per heavy atom. The van der Waals surface area contributed by atoms with Crippen LogP contribution < -0.4 is 4.74 Å². The van der Waals surface area contributed by atoms with Crippen LogP contribution in [-0.4, -0.2) is 56.4 Å². The van der Waals surface area contributed by atoms with E-state index in [2.05, 4.69) is 0 Å². The number of hydrogen-bond donors (Lipinski definition) is 0. The fourth-order valence-corrected chi connectivity index (χ4v) is 3.30. The normalized spacial score (nSPS) is 16.0. The second-order valence-electron chi connectivity index (χ2n) is 6.47. The summed E-state index contributed by atoms with van der Waals surface area (Å²) in [5, 5.41) is 0. The Morgan fingerprint density at radius 1 is 1.09 bits per heavy atom. The number of benzene rings is 1. The number of carbonyl (C=O) groups excluding carboxylic acids is 2. The first kappa shape index (κ1) is 17.3. The number of nitrogens with zero attached hydrogens (tertiary/aromatic N) is 2. The van der Waals surface area contributed by atoms with E-state index in [4.69, 9.17) is 4.74 Å². The average Bonchev–Trinajstić information content (AvgIpc) is 3.04. The zero-order valence-corrected chi connectivity index (χ0v) is 14.5. The lowest BCUT2D eigenvalue weighted by Crippen LogP contribution is -2.47. The summed E-state index contributed by atoms with van der Waals surface area (Å²) in [6.45, 7) is 0.115. The summed E-state index contributed by atoms with van der Waals surface area (Å²) in [6, 6.07) is 7.74. The maximum absolute atomic E-state index is 13.1. The number of likely N-dealkylation sites (N-methyl/N-ethyl adjacent to an activating group) is 2. The predicted molar refractivity (Wildman–Crippen MR) is 89.5 cm³/mol. The first-order chi connectivity index (χ1) is 10.9. The minimum Gasteiger partial charge on any atom is -0.497 e. The molecule has 2 rings (SSSR count). The fraction of sp³-hybridized carbons (Fsp3) is 0.556. The minimum atomic E-state index is -0.506. The molecule has 0 aliphatic heterocycles. The molecule has 0 atom stereocenters. The molecule has 1 aromatic carbocycles. The van der Waals surface area contributed by atoms with Crippen LogP contribution in [0.2, 0.25) is 0 Å². The highest BCUT2D eigenvalue weighted by molar-refractivity contribution is 5.91. The van der Waals surface area contributed by atoms with Crippen molar-refractivity contribution in [2.45, 2.75) is 31.1 Å². The van der Waals surface area contributed by atoms with E-state index in [1.165, 1.54) is 4.90 Å². The highest BCUT2D eigenvalue weighted by Gasteiger charge is 2.44. The SMILES string of the molecule is COc1ccc(C2(C(=O)N(C)CC(=O)N(C)C)CCCC2)cc1. The molecule has 5 heteroatoms. The Labute approximate surface area is 138 Å². The molecule has 1 saturated carbocycles. The van der Waals surface area contributed by atoms with Gasteiger partial charge in [-0.25, -0.2) is 0 Å². The summed E-state index contributed by atoms with van der Waals surface area (Å²) >= 11 is 0. The van der Waals surface area contributed by atoms with Crippen LogP contribution in [0, 0.1) is 0 Å². The van der Waals surface area contributed by atoms with Crippen LogP contribution in [0.4, 0.5) is 0 Å². The lowest BCUT2D eigenvalue weighted by Gasteiger charge is -2.33. The number of carbonyl (C=O) groups is 2. The van der Waals surface area contributed by atoms with Gasteiger partial charge in [-0.1, -0.05) is 25.0 Å². The number of amides is 2. The van der Waals surface area contributed by atoms with Crippen molar-refractivity contribution in [3.63, 3.8) is 0 Å². The Kier molecular flexibility index (Phi) is 5.29. The smallest absolute Gasteiger partial charge is 0.241 e. The van der Waals surface area contributed by atoms with Gasteiger partial charge in [0.25, 0.3) is 0 Å². The van der Waals surface area contributed by atoms with Gasteiger partial charge in [-0.2, -0.15) is 0 Å². The lowest BCUT2D eigenvalue weighted by atomic mass is 9.77. The molecule has 1 aliphatic carbocycles. The molecule has 2 amide bonds. The van der Waals surface area contributed by atoms with Crippen molar-refractivity contribution >= 4 is 11.8 Å². The van der Waals surface area contributed by atoms with E-state index < -0.39 is 5.41 Å². The lowest BCUT2D eigenvalue weighted by molar-refractivity contribution is -0.141. The number of methoxy groups -OCH3 is 1. The molecule has 23 heavy (non-hydrogen) atoms. The van der Waals surface area contributed by atoms with Gasteiger partial charge in [0.1, 0.15) is 5.75 Å². The third kappa shape index (κ3) is 3.49. The summed E-state index contributed by atoms with van der Waals surface area (Å²) in [7, 11) is 6.75. The average molecular weight is 318 g/mol. The standard InChI is InChI=1S/C18H26N2O3/c1-19(2)16(21)13-20(3)17(22)18(11-5-6-12-18)14-7-9-15(23-4)10-8-14/h7-10H,5-6,11-13H2,1-4H3. The predicted octanol–water partition coefficient (Wildman–Crippen LogP) is 2.05. The summed E-state index contributed by atoms with van der Waals surface area (Å²) in [5.74, 6) is 0.754. The molecule has 0 N–H and O–H groups in total. The van der Waals surface area contributed by atoms with Crippen LogP contribution in [0.3, 0.4) is 0 Å². The topological polar surface area (TPSA) is 49.9 Å². The van der Waals surface area contributed by atoms with Crippen molar-refractivity contribution in [2.24, 2.45) is 0 Å². The van der Waals surface area contributed by atoms with E-state index in [1.54, 1.807) is 33.2 Å². The summed E-state index contributed by atoms with van der Waals surface area (Å²) in [6.07, 6.45) is 3.73. The van der Waals surface area contributed by atoms with E-state index in [-0.39, 0.29) is 18.4 Å². The largest absolute Gasteiger partial charge is 0.497 e. The third-order valence-corrected chi connectivity index (χ3v) is 4.73. The second-order valence-corrected chi connectivity index (χ2v) is 6.47. The second kappa shape index (κ2) is 7.02. The van der Waals surface area contributed by atoms with Gasteiger partial charge in [0.2, 0.25) is 11.8 Å². The molecule has 0 aromatic heterocycles. The molecule has 1 fully saturated rings. The van der Waals surface area contributed by atoms with Crippen molar-refractivity contribution in [1.29, 1.82) is 0 Å². The van der Waals surface area contributed by atoms with Gasteiger partial charge in [-0.3, -0.25) is 9.59 Å². The molecule has 1 aliphatic rings. The maximum atomic E-state index is 13.1. The Morgan fingerprint density at radius 3 is 2.13 bits per heavy atom. The molecular weight excluding hydrogens is 292 g/mol. The van der Waals surface area contributed by atoms with Crippen LogP contribution in [0.1, 0.15) is 31.2 Å². The molecule has 126 valence electrons. The molecule has 0 spiro atoms. The van der Waals surface area contributed by atoms with E-state index in [9.17, 15) is 9.59 Å². The fourth-order valence-electron chi connectivity index (χ4n) is 3.30. The van der Waals surface area contributed by atoms with Gasteiger partial charge < -0.3 is 14.5 Å². The summed E-state index contributed by atoms with van der Waals surface area (Å²) < 4.78 is 5.21. The Balaban J connectivity index is 2.25. The van der Waals surface area contributed by atoms with Crippen molar-refractivity contribution in [3.8, 4) is 5.75 Å². The van der Waals surface area contributed by atoms with E-state index in [1.807, 2.05) is 24.3 Å². The van der Waals surface area contributed by atoms with Gasteiger partial charge >= 0.3 is 0 Å². The van der Waals surface area contributed by atoms with Crippen LogP contribution in [0.15, 0.2) is 24.3 Å². The monoisotopic (exact) mass is 318 g/mol. The van der Waals surface area contributed by atoms with Crippen LogP contribution in [0.5, 0.6) is 5.75 Å². The number of ether oxygens (including phenoxy) is 1. The van der Waals surface area contributed by atoms with Gasteiger partial charge in [0.05, 0.1) is 19.1 Å². The summed E-state index contributed by atoms with van der Waals surface area (Å²) in [5.41, 5.74) is 0.512. The van der Waals surface area contributed by atoms with Gasteiger partial charge in [0.15, 0.2) is 0 Å². The minimum absolute atomic E-state index is 0.0374. The van der Waals surface area contributed by atoms with Gasteiger partial charge in [-0.15, -0.1) is 0 Å². The van der Waals surface area contributed by atoms with Crippen LogP contribution in [-0.2, 0) is 15.0 Å². The van der Waals surface area contributed by atoms with Crippen molar-refractivity contribution in [2.75, 3.05) is 34.8 Å². The number of rotatable bonds is 5. The van der Waals surface area contributed by atoms with Crippen LogP contribution >= 0.6 is 0 Å². The molecule has 0 saturated heterocycles. The van der Waals surface area contributed by atoms with Crippen molar-refractivity contribution < 1.29 is 14.3 Å². The molecule has 1 aromatic rings. The zero-order valence-electron chi connectivity index (χ0n) is 14.5. The Hall–Kier alpha value is -2.04. The van der Waals surface area contributed by atoms with E-state index in [0.29, 0.717) is 0 Å². The zero-order chi connectivity index (χ0) is 17.0. The number of hydrogen-bond acceptors (Lipinski definition) is 3. The molecule has 0 radical (unpaired) electrons. The van der Waals surface area contributed by atoms with E-state index in [0.717, 1.165) is 37.0 Å². The van der Waals surface area contributed by atoms with Crippen molar-refractivity contribution in [3.05, 3.63) is 29.8 Å². The molecule has 0 bridgehead atoms. The van der Waals surface area contributed by atoms with E-state index >= 15 is 0 Å². The maximum Gasteiger partial charge on any atom is 0.241 e. The summed E-state index contributed by atoms with van der Waals surface area (Å²) in [4.78, 5) is 28.1. The van der Waals surface area contributed by atoms with Gasteiger partial charge in [0, 0.05) is 21.1 Å². The molecule has 0 heterocycles. The quantitative estimate of drug-likeness (QED) is 0.835. The highest BCUT2D eigenvalue weighted by atomic mass is 16.5. The van der Waals surface area contributed by atoms with Gasteiger partial charge in [-0.05, 0) is 30.5 Å². The first-order valence-electron chi connectivity index (χ1n) is 8.01. The molecule has 5 nitrogen and oxygen atoms in total. The molecular formula is C18H26N2O3. The Bertz CT molecular complexity index is 560. The van der Waals surface area contributed by atoms with Crippen molar-refractivity contribution in [1.82, 2.24) is 9.80 Å². The molecule has 0 unspecified atom stereocenters. The first-order valence-corrected chi connectivity index (χ1v) is 8.01. The third-order valence-electron chi connectivity index (χ3n) is 4.73. The van der Waals surface area contributed by atoms with Crippen LogP contribution in [0.25, 0.3) is 0 Å².